The van der Waals surface area contributed by atoms with Gasteiger partial charge in [0.2, 0.25) is 5.91 Å². The zero-order valence-electron chi connectivity index (χ0n) is 17.6. The molecule has 0 aromatic heterocycles. The number of nitrogens with one attached hydrogen (secondary N) is 2. The van der Waals surface area contributed by atoms with Gasteiger partial charge in [-0.25, -0.2) is 5.43 Å². The fourth-order valence-electron chi connectivity index (χ4n) is 3.43. The maximum Gasteiger partial charge on any atom is 0.277 e. The first-order chi connectivity index (χ1) is 15.3. The van der Waals surface area contributed by atoms with Crippen LogP contribution < -0.4 is 15.5 Å². The van der Waals surface area contributed by atoms with Crippen LogP contribution >= 0.6 is 34.8 Å². The number of anilines is 1. The van der Waals surface area contributed by atoms with Crippen molar-refractivity contribution in [3.8, 4) is 5.75 Å². The Morgan fingerprint density at radius 1 is 1.03 bits per heavy atom. The minimum absolute atomic E-state index is 0.0582. The molecule has 1 saturated carbocycles. The standard InChI is InChI=1S/C23H24Cl3N3O3/c1-14(28-29-22(30)13-32-21-12-19(25)18(24)11-20(21)26)16-8-5-9-17(10-16)27-23(31)15-6-3-2-4-7-15/h5,8-12,15H,2-4,6-7,13H2,1H3,(H,27,31)(H,29,30). The molecule has 2 amide bonds. The minimum Gasteiger partial charge on any atom is -0.482 e. The fourth-order valence-corrected chi connectivity index (χ4v) is 4.02. The highest BCUT2D eigenvalue weighted by molar-refractivity contribution is 6.43. The van der Waals surface area contributed by atoms with Crippen LogP contribution in [0.2, 0.25) is 15.1 Å². The number of hydrogen-bond acceptors (Lipinski definition) is 4. The van der Waals surface area contributed by atoms with Gasteiger partial charge in [-0.05, 0) is 43.5 Å². The molecule has 2 aromatic rings. The van der Waals surface area contributed by atoms with Crippen LogP contribution in [0.5, 0.6) is 5.75 Å². The highest BCUT2D eigenvalue weighted by Crippen LogP contribution is 2.33. The van der Waals surface area contributed by atoms with Crippen molar-refractivity contribution in [3.63, 3.8) is 0 Å². The molecule has 0 heterocycles. The van der Waals surface area contributed by atoms with Crippen molar-refractivity contribution in [1.82, 2.24) is 5.43 Å². The molecule has 9 heteroatoms. The second-order valence-corrected chi connectivity index (χ2v) is 8.84. The van der Waals surface area contributed by atoms with E-state index in [1.165, 1.54) is 18.6 Å². The van der Waals surface area contributed by atoms with E-state index in [-0.39, 0.29) is 34.2 Å². The number of benzene rings is 2. The van der Waals surface area contributed by atoms with Crippen molar-refractivity contribution in [2.24, 2.45) is 11.0 Å². The minimum atomic E-state index is -0.465. The summed E-state index contributed by atoms with van der Waals surface area (Å²) in [6.45, 7) is 1.46. The Kier molecular flexibility index (Phi) is 8.79. The molecule has 2 aromatic carbocycles. The van der Waals surface area contributed by atoms with Gasteiger partial charge in [-0.2, -0.15) is 5.10 Å². The molecule has 0 spiro atoms. The van der Waals surface area contributed by atoms with Crippen molar-refractivity contribution < 1.29 is 14.3 Å². The molecule has 2 N–H and O–H groups in total. The molecule has 0 radical (unpaired) electrons. The zero-order valence-corrected chi connectivity index (χ0v) is 19.9. The van der Waals surface area contributed by atoms with Gasteiger partial charge in [-0.15, -0.1) is 0 Å². The van der Waals surface area contributed by atoms with Gasteiger partial charge in [0, 0.05) is 17.7 Å². The number of carbonyl (C=O) groups excluding carboxylic acids is 2. The van der Waals surface area contributed by atoms with Gasteiger partial charge in [0.05, 0.1) is 20.8 Å². The van der Waals surface area contributed by atoms with Crippen molar-refractivity contribution in [2.75, 3.05) is 11.9 Å². The largest absolute Gasteiger partial charge is 0.482 e. The van der Waals surface area contributed by atoms with E-state index in [2.05, 4.69) is 15.8 Å². The Balaban J connectivity index is 1.55. The molecule has 0 unspecified atom stereocenters. The van der Waals surface area contributed by atoms with Crippen LogP contribution in [0, 0.1) is 5.92 Å². The maximum absolute atomic E-state index is 12.5. The van der Waals surface area contributed by atoms with E-state index < -0.39 is 5.91 Å². The lowest BCUT2D eigenvalue weighted by Crippen LogP contribution is -2.26. The SMILES string of the molecule is CC(=NNC(=O)COc1cc(Cl)c(Cl)cc1Cl)c1cccc(NC(=O)C2CCCCC2)c1. The van der Waals surface area contributed by atoms with Crippen molar-refractivity contribution in [1.29, 1.82) is 0 Å². The predicted octanol–water partition coefficient (Wildman–Crippen LogP) is 6.08. The fraction of sp³-hybridized carbons (Fsp3) is 0.348. The highest BCUT2D eigenvalue weighted by Gasteiger charge is 2.21. The molecule has 1 fully saturated rings. The molecule has 1 aliphatic carbocycles. The third-order valence-corrected chi connectivity index (χ3v) is 6.22. The van der Waals surface area contributed by atoms with Crippen LogP contribution in [0.4, 0.5) is 5.69 Å². The quantitative estimate of drug-likeness (QED) is 0.277. The first kappa shape index (κ1) is 24.4. The number of nitrogens with zero attached hydrogens (tertiary/aromatic N) is 1. The molecule has 0 atom stereocenters. The summed E-state index contributed by atoms with van der Waals surface area (Å²) < 4.78 is 5.39. The van der Waals surface area contributed by atoms with Gasteiger partial charge in [-0.3, -0.25) is 9.59 Å². The molecule has 0 saturated heterocycles. The van der Waals surface area contributed by atoms with Crippen molar-refractivity contribution in [2.45, 2.75) is 39.0 Å². The Morgan fingerprint density at radius 3 is 2.50 bits per heavy atom. The summed E-state index contributed by atoms with van der Waals surface area (Å²) in [6, 6.07) is 10.3. The second-order valence-electron chi connectivity index (χ2n) is 7.62. The summed E-state index contributed by atoms with van der Waals surface area (Å²) in [4.78, 5) is 24.6. The van der Waals surface area contributed by atoms with Crippen LogP contribution in [0.3, 0.4) is 0 Å². The van der Waals surface area contributed by atoms with Crippen LogP contribution in [-0.2, 0) is 9.59 Å². The van der Waals surface area contributed by atoms with Crippen LogP contribution in [0.25, 0.3) is 0 Å². The zero-order chi connectivity index (χ0) is 23.1. The normalized spacial score (nSPS) is 14.7. The third kappa shape index (κ3) is 6.86. The second kappa shape index (κ2) is 11.5. The summed E-state index contributed by atoms with van der Waals surface area (Å²) in [7, 11) is 0. The molecule has 1 aliphatic rings. The summed E-state index contributed by atoms with van der Waals surface area (Å²) >= 11 is 17.9. The van der Waals surface area contributed by atoms with Gasteiger partial charge < -0.3 is 10.1 Å². The van der Waals surface area contributed by atoms with Crippen molar-refractivity contribution in [3.05, 3.63) is 57.0 Å². The Morgan fingerprint density at radius 2 is 1.75 bits per heavy atom. The van der Waals surface area contributed by atoms with Gasteiger partial charge in [0.1, 0.15) is 5.75 Å². The number of halogens is 3. The lowest BCUT2D eigenvalue weighted by molar-refractivity contribution is -0.123. The summed E-state index contributed by atoms with van der Waals surface area (Å²) in [5.41, 5.74) is 4.51. The lowest BCUT2D eigenvalue weighted by Gasteiger charge is -2.20. The first-order valence-electron chi connectivity index (χ1n) is 10.4. The van der Waals surface area contributed by atoms with Gasteiger partial charge in [0.15, 0.2) is 6.61 Å². The Labute approximate surface area is 202 Å². The van der Waals surface area contributed by atoms with E-state index in [1.807, 2.05) is 24.3 Å². The smallest absolute Gasteiger partial charge is 0.277 e. The Hall–Kier alpha value is -2.28. The number of ether oxygens (including phenoxy) is 1. The lowest BCUT2D eigenvalue weighted by atomic mass is 9.88. The van der Waals surface area contributed by atoms with E-state index in [4.69, 9.17) is 39.5 Å². The van der Waals surface area contributed by atoms with Crippen LogP contribution in [0.1, 0.15) is 44.6 Å². The molecular formula is C23H24Cl3N3O3. The molecule has 170 valence electrons. The number of carbonyl (C=O) groups is 2. The van der Waals surface area contributed by atoms with Crippen LogP contribution in [-0.4, -0.2) is 24.1 Å². The molecule has 3 rings (SSSR count). The first-order valence-corrected chi connectivity index (χ1v) is 11.5. The van der Waals surface area contributed by atoms with E-state index in [0.29, 0.717) is 16.4 Å². The van der Waals surface area contributed by atoms with E-state index >= 15 is 0 Å². The monoisotopic (exact) mass is 495 g/mol. The summed E-state index contributed by atoms with van der Waals surface area (Å²) in [5, 5.41) is 7.93. The topological polar surface area (TPSA) is 79.8 Å². The highest BCUT2D eigenvalue weighted by atomic mass is 35.5. The number of hydrogen-bond donors (Lipinski definition) is 2. The molecule has 6 nitrogen and oxygen atoms in total. The number of rotatable bonds is 7. The summed E-state index contributed by atoms with van der Waals surface area (Å²) in [6.07, 6.45) is 5.28. The molecule has 32 heavy (non-hydrogen) atoms. The molecule has 0 bridgehead atoms. The number of amides is 2. The maximum atomic E-state index is 12.5. The van der Waals surface area contributed by atoms with Gasteiger partial charge in [0.25, 0.3) is 5.91 Å². The van der Waals surface area contributed by atoms with E-state index in [0.717, 1.165) is 31.2 Å². The Bertz CT molecular complexity index is 1020. The number of hydrazone groups is 1. The average Bonchev–Trinajstić information content (AvgIpc) is 2.79. The average molecular weight is 497 g/mol. The van der Waals surface area contributed by atoms with Gasteiger partial charge >= 0.3 is 0 Å². The van der Waals surface area contributed by atoms with Gasteiger partial charge in [-0.1, -0.05) is 66.2 Å². The van der Waals surface area contributed by atoms with Crippen LogP contribution in [0.15, 0.2) is 41.5 Å². The molecular weight excluding hydrogens is 473 g/mol. The third-order valence-electron chi connectivity index (χ3n) is 5.21. The van der Waals surface area contributed by atoms with E-state index in [9.17, 15) is 9.59 Å². The predicted molar refractivity (Wildman–Crippen MR) is 129 cm³/mol. The van der Waals surface area contributed by atoms with Crippen molar-refractivity contribution >= 4 is 58.0 Å². The molecule has 0 aliphatic heterocycles. The summed E-state index contributed by atoms with van der Waals surface area (Å²) in [5.74, 6) is -0.0834. The van der Waals surface area contributed by atoms with E-state index in [1.54, 1.807) is 6.92 Å².